The summed E-state index contributed by atoms with van der Waals surface area (Å²) in [4.78, 5) is 5.31. The molecule has 1 aliphatic rings. The number of aryl methyl sites for hydroxylation is 1. The third kappa shape index (κ3) is 7.25. The van der Waals surface area contributed by atoms with Crippen LogP contribution in [0, 0.1) is 5.92 Å². The number of benzene rings is 3. The Bertz CT molecular complexity index is 1700. The number of aromatic nitrogens is 1. The van der Waals surface area contributed by atoms with Gasteiger partial charge < -0.3 is 9.88 Å². The van der Waals surface area contributed by atoms with Gasteiger partial charge in [0.2, 0.25) is 10.0 Å². The number of hydrogen-bond acceptors (Lipinski definition) is 5. The summed E-state index contributed by atoms with van der Waals surface area (Å²) in [7, 11) is -7.79. The zero-order valence-electron chi connectivity index (χ0n) is 22.3. The molecule has 0 unspecified atom stereocenters. The van der Waals surface area contributed by atoms with Crippen molar-refractivity contribution in [2.75, 3.05) is 30.9 Å². The van der Waals surface area contributed by atoms with E-state index in [0.717, 1.165) is 45.3 Å². The SMILES string of the molecule is O=S(=O)(NCC1CCN(CCCc2ccccc2)CC1)c1ccc(S(=O)(=O)Nc2ccc(Cl)c3c(Cl)c[nH]c23)cc1. The fourth-order valence-electron chi connectivity index (χ4n) is 5.13. The van der Waals surface area contributed by atoms with E-state index in [-0.39, 0.29) is 21.4 Å². The van der Waals surface area contributed by atoms with E-state index < -0.39 is 20.0 Å². The third-order valence-corrected chi connectivity index (χ3v) is 10.9. The van der Waals surface area contributed by atoms with Crippen molar-refractivity contribution in [2.24, 2.45) is 5.92 Å². The second-order valence-corrected chi connectivity index (χ2v) is 14.5. The molecule has 2 heterocycles. The van der Waals surface area contributed by atoms with Crippen LogP contribution in [0.1, 0.15) is 24.8 Å². The summed E-state index contributed by atoms with van der Waals surface area (Å²) < 4.78 is 57.2. The van der Waals surface area contributed by atoms with E-state index in [9.17, 15) is 16.8 Å². The monoisotopic (exact) mass is 634 g/mol. The summed E-state index contributed by atoms with van der Waals surface area (Å²) in [5.74, 6) is 0.261. The molecule has 0 atom stereocenters. The van der Waals surface area contributed by atoms with E-state index in [0.29, 0.717) is 27.5 Å². The van der Waals surface area contributed by atoms with E-state index in [2.05, 4.69) is 43.6 Å². The maximum atomic E-state index is 13.0. The van der Waals surface area contributed by atoms with Crippen molar-refractivity contribution in [3.63, 3.8) is 0 Å². The topological polar surface area (TPSA) is 111 Å². The average molecular weight is 636 g/mol. The van der Waals surface area contributed by atoms with Crippen molar-refractivity contribution in [3.8, 4) is 0 Å². The molecule has 4 aromatic rings. The summed E-state index contributed by atoms with van der Waals surface area (Å²) in [6.45, 7) is 3.30. The van der Waals surface area contributed by atoms with Crippen LogP contribution in [0.2, 0.25) is 10.0 Å². The summed E-state index contributed by atoms with van der Waals surface area (Å²) in [5, 5.41) is 1.27. The summed E-state index contributed by atoms with van der Waals surface area (Å²) in [6, 6.07) is 18.7. The first-order valence-electron chi connectivity index (χ1n) is 13.5. The van der Waals surface area contributed by atoms with Crippen molar-refractivity contribution in [2.45, 2.75) is 35.5 Å². The van der Waals surface area contributed by atoms with Gasteiger partial charge in [-0.3, -0.25) is 4.72 Å². The van der Waals surface area contributed by atoms with Gasteiger partial charge in [-0.2, -0.15) is 0 Å². The lowest BCUT2D eigenvalue weighted by atomic mass is 9.97. The molecule has 1 fully saturated rings. The number of nitrogens with one attached hydrogen (secondary N) is 3. The number of aromatic amines is 1. The van der Waals surface area contributed by atoms with E-state index in [1.807, 2.05) is 6.07 Å². The van der Waals surface area contributed by atoms with E-state index >= 15 is 0 Å². The van der Waals surface area contributed by atoms with Crippen LogP contribution in [-0.2, 0) is 26.5 Å². The number of hydrogen-bond donors (Lipinski definition) is 3. The van der Waals surface area contributed by atoms with Crippen LogP contribution in [0.4, 0.5) is 5.69 Å². The zero-order chi connectivity index (χ0) is 29.0. The Morgan fingerprint density at radius 1 is 0.829 bits per heavy atom. The van der Waals surface area contributed by atoms with Crippen LogP contribution < -0.4 is 9.44 Å². The van der Waals surface area contributed by atoms with Crippen LogP contribution in [0.3, 0.4) is 0 Å². The highest BCUT2D eigenvalue weighted by molar-refractivity contribution is 7.92. The Kier molecular flexibility index (Phi) is 9.27. The van der Waals surface area contributed by atoms with Crippen LogP contribution in [0.15, 0.2) is 82.7 Å². The van der Waals surface area contributed by atoms with Gasteiger partial charge in [0.05, 0.1) is 31.0 Å². The molecule has 0 aliphatic carbocycles. The molecule has 5 rings (SSSR count). The molecule has 3 N–H and O–H groups in total. The Balaban J connectivity index is 1.13. The molecule has 0 saturated carbocycles. The first-order chi connectivity index (χ1) is 19.6. The summed E-state index contributed by atoms with van der Waals surface area (Å²) in [5.41, 5.74) is 2.08. The molecule has 0 spiro atoms. The van der Waals surface area contributed by atoms with Crippen LogP contribution >= 0.6 is 23.2 Å². The number of fused-ring (bicyclic) bond motifs is 1. The van der Waals surface area contributed by atoms with Gasteiger partial charge in [-0.25, -0.2) is 21.6 Å². The van der Waals surface area contributed by atoms with Crippen LogP contribution in [-0.4, -0.2) is 52.9 Å². The number of likely N-dealkylation sites (tertiary alicyclic amines) is 1. The van der Waals surface area contributed by atoms with Crippen LogP contribution in [0.25, 0.3) is 10.9 Å². The lowest BCUT2D eigenvalue weighted by Gasteiger charge is -2.32. The highest BCUT2D eigenvalue weighted by Gasteiger charge is 2.23. The first-order valence-corrected chi connectivity index (χ1v) is 17.2. The largest absolute Gasteiger partial charge is 0.358 e. The molecule has 0 radical (unpaired) electrons. The first kappa shape index (κ1) is 29.9. The number of anilines is 1. The van der Waals surface area contributed by atoms with Gasteiger partial charge >= 0.3 is 0 Å². The minimum absolute atomic E-state index is 0.0137. The maximum Gasteiger partial charge on any atom is 0.261 e. The van der Waals surface area contributed by atoms with Gasteiger partial charge in [0.1, 0.15) is 0 Å². The molecule has 1 aliphatic heterocycles. The average Bonchev–Trinajstić information content (AvgIpc) is 3.37. The molecule has 1 saturated heterocycles. The quantitative estimate of drug-likeness (QED) is 0.190. The van der Waals surface area contributed by atoms with Gasteiger partial charge in [0.15, 0.2) is 0 Å². The highest BCUT2D eigenvalue weighted by atomic mass is 35.5. The Morgan fingerprint density at radius 2 is 1.49 bits per heavy atom. The van der Waals surface area contributed by atoms with E-state index in [1.165, 1.54) is 42.1 Å². The molecule has 8 nitrogen and oxygen atoms in total. The van der Waals surface area contributed by atoms with Gasteiger partial charge in [0, 0.05) is 18.1 Å². The lowest BCUT2D eigenvalue weighted by Crippen LogP contribution is -2.39. The molecule has 3 aromatic carbocycles. The van der Waals surface area contributed by atoms with E-state index in [1.54, 1.807) is 6.07 Å². The maximum absolute atomic E-state index is 13.0. The molecule has 218 valence electrons. The molecule has 1 aromatic heterocycles. The number of sulfonamides is 2. The Morgan fingerprint density at radius 3 is 2.17 bits per heavy atom. The van der Waals surface area contributed by atoms with Gasteiger partial charge in [-0.15, -0.1) is 0 Å². The molecule has 12 heteroatoms. The second-order valence-electron chi connectivity index (χ2n) is 10.3. The molecule has 41 heavy (non-hydrogen) atoms. The molecular weight excluding hydrogens is 603 g/mol. The lowest BCUT2D eigenvalue weighted by molar-refractivity contribution is 0.184. The van der Waals surface area contributed by atoms with Crippen molar-refractivity contribution in [1.82, 2.24) is 14.6 Å². The smallest absolute Gasteiger partial charge is 0.261 e. The van der Waals surface area contributed by atoms with Gasteiger partial charge in [0.25, 0.3) is 10.0 Å². The van der Waals surface area contributed by atoms with Crippen molar-refractivity contribution in [3.05, 3.63) is 88.5 Å². The predicted molar refractivity (Wildman–Crippen MR) is 165 cm³/mol. The van der Waals surface area contributed by atoms with Crippen LogP contribution in [0.5, 0.6) is 0 Å². The molecule has 0 bridgehead atoms. The highest BCUT2D eigenvalue weighted by Crippen LogP contribution is 2.35. The standard InChI is InChI=1S/C29H32Cl2N4O4S2/c30-25-12-13-27(29-28(25)26(31)20-32-29)34-41(38,39)24-10-8-23(9-11-24)40(36,37)33-19-22-14-17-35(18-15-22)16-4-7-21-5-2-1-3-6-21/h1-3,5-6,8-13,20,22,32-34H,4,7,14-19H2. The Hall–Kier alpha value is -2.60. The fraction of sp³-hybridized carbons (Fsp3) is 0.310. The third-order valence-electron chi connectivity index (χ3n) is 7.48. The normalized spacial score (nSPS) is 15.4. The van der Waals surface area contributed by atoms with Gasteiger partial charge in [-0.05, 0) is 93.2 Å². The predicted octanol–water partition coefficient (Wildman–Crippen LogP) is 5.90. The molecular formula is C29H32Cl2N4O4S2. The van der Waals surface area contributed by atoms with Gasteiger partial charge in [-0.1, -0.05) is 53.5 Å². The molecule has 0 amide bonds. The van der Waals surface area contributed by atoms with Crippen molar-refractivity contribution < 1.29 is 16.8 Å². The number of nitrogens with zero attached hydrogens (tertiary/aromatic N) is 1. The number of halogens is 2. The van der Waals surface area contributed by atoms with Crippen molar-refractivity contribution >= 4 is 59.8 Å². The minimum Gasteiger partial charge on any atom is -0.358 e. The van der Waals surface area contributed by atoms with Crippen molar-refractivity contribution in [1.29, 1.82) is 0 Å². The number of piperidine rings is 1. The van der Waals surface area contributed by atoms with E-state index in [4.69, 9.17) is 23.2 Å². The second kappa shape index (κ2) is 12.7. The zero-order valence-corrected chi connectivity index (χ0v) is 25.5. The number of rotatable bonds is 11. The number of H-pyrrole nitrogens is 1. The summed E-state index contributed by atoms with van der Waals surface area (Å²) in [6.07, 6.45) is 5.55. The fourth-order valence-corrected chi connectivity index (χ4v) is 7.88. The summed E-state index contributed by atoms with van der Waals surface area (Å²) >= 11 is 12.4. The Labute approximate surface area is 251 Å². The minimum atomic E-state index is -4.00.